The van der Waals surface area contributed by atoms with Crippen molar-refractivity contribution in [3.05, 3.63) is 52.1 Å². The number of amides is 4. The Bertz CT molecular complexity index is 1220. The summed E-state index contributed by atoms with van der Waals surface area (Å²) in [6, 6.07) is 3.02. The summed E-state index contributed by atoms with van der Waals surface area (Å²) in [7, 11) is 0. The summed E-state index contributed by atoms with van der Waals surface area (Å²) in [5.74, 6) is -1.17. The van der Waals surface area contributed by atoms with Gasteiger partial charge in [0.05, 0.1) is 11.1 Å². The first-order chi connectivity index (χ1) is 15.9. The Labute approximate surface area is 183 Å². The second-order valence-electron chi connectivity index (χ2n) is 7.70. The number of likely N-dealkylation sites (tertiary alicyclic amines) is 1. The fourth-order valence-electron chi connectivity index (χ4n) is 4.11. The molecule has 8 nitrogen and oxygen atoms in total. The molecule has 0 spiro atoms. The molecule has 4 rings (SSSR count). The van der Waals surface area contributed by atoms with Gasteiger partial charge in [0, 0.05) is 52.9 Å². The highest BCUT2D eigenvalue weighted by Gasteiger charge is 2.29. The van der Waals surface area contributed by atoms with Crippen molar-refractivity contribution in [1.29, 1.82) is 0 Å². The average molecular weight is 429 g/mol. The van der Waals surface area contributed by atoms with Gasteiger partial charge in [-0.1, -0.05) is 0 Å². The van der Waals surface area contributed by atoms with E-state index in [4.69, 9.17) is 4.11 Å². The number of rotatable bonds is 3. The molecule has 1 aromatic heterocycles. The Morgan fingerprint density at radius 1 is 1.35 bits per heavy atom. The Hall–Kier alpha value is -3.62. The van der Waals surface area contributed by atoms with E-state index in [-0.39, 0.29) is 30.0 Å². The van der Waals surface area contributed by atoms with E-state index in [0.717, 1.165) is 0 Å². The van der Waals surface area contributed by atoms with Gasteiger partial charge in [-0.3, -0.25) is 9.59 Å². The molecule has 4 amide bonds. The van der Waals surface area contributed by atoms with Gasteiger partial charge in [-0.25, -0.2) is 9.18 Å². The summed E-state index contributed by atoms with van der Waals surface area (Å²) in [5, 5.41) is 7.53. The SMILES string of the molecule is [2H][13C]([2H])([2H])NC(=O)N1CC[C@H](NC(=O)c2c(C)[nH]c(/C=C3\C(=O)Nc4ccc(F)cc43)c2C)C1. The van der Waals surface area contributed by atoms with Crippen molar-refractivity contribution in [3.63, 3.8) is 0 Å². The van der Waals surface area contributed by atoms with Crippen molar-refractivity contribution in [2.75, 3.05) is 25.4 Å². The molecule has 2 aliphatic rings. The molecule has 31 heavy (non-hydrogen) atoms. The molecule has 3 heterocycles. The maximum Gasteiger partial charge on any atom is 0.317 e. The number of carbonyl (C=O) groups is 3. The Balaban J connectivity index is 1.50. The molecule has 0 saturated carbocycles. The molecule has 0 unspecified atom stereocenters. The average Bonchev–Trinajstić information content (AvgIpc) is 3.38. The highest BCUT2D eigenvalue weighted by Crippen LogP contribution is 2.34. The van der Waals surface area contributed by atoms with Crippen LogP contribution in [0.2, 0.25) is 0 Å². The smallest absolute Gasteiger partial charge is 0.317 e. The maximum atomic E-state index is 13.7. The molecule has 1 saturated heterocycles. The molecule has 1 atom stereocenters. The van der Waals surface area contributed by atoms with E-state index in [0.29, 0.717) is 46.7 Å². The fourth-order valence-corrected chi connectivity index (χ4v) is 4.11. The van der Waals surface area contributed by atoms with Gasteiger partial charge in [-0.2, -0.15) is 0 Å². The van der Waals surface area contributed by atoms with Crippen LogP contribution < -0.4 is 16.0 Å². The number of carbonyl (C=O) groups excluding carboxylic acids is 3. The van der Waals surface area contributed by atoms with Crippen LogP contribution in [0.5, 0.6) is 0 Å². The number of aryl methyl sites for hydroxylation is 1. The summed E-state index contributed by atoms with van der Waals surface area (Å²) < 4.78 is 35.2. The van der Waals surface area contributed by atoms with E-state index in [1.165, 1.54) is 23.1 Å². The Kier molecular flexibility index (Phi) is 4.36. The molecule has 0 bridgehead atoms. The first-order valence-corrected chi connectivity index (χ1v) is 9.83. The summed E-state index contributed by atoms with van der Waals surface area (Å²) in [6.07, 6.45) is 2.08. The fraction of sp³-hybridized carbons (Fsp3) is 0.318. The van der Waals surface area contributed by atoms with E-state index in [9.17, 15) is 18.8 Å². The number of nitrogens with one attached hydrogen (secondary N) is 4. The van der Waals surface area contributed by atoms with Crippen molar-refractivity contribution in [2.45, 2.75) is 26.3 Å². The minimum Gasteiger partial charge on any atom is -0.358 e. The molecular weight excluding hydrogens is 402 g/mol. The number of urea groups is 1. The van der Waals surface area contributed by atoms with Crippen molar-refractivity contribution in [3.8, 4) is 0 Å². The van der Waals surface area contributed by atoms with E-state index < -0.39 is 18.8 Å². The topological polar surface area (TPSA) is 106 Å². The molecule has 2 aromatic rings. The minimum absolute atomic E-state index is 0.190. The monoisotopic (exact) mass is 429 g/mol. The van der Waals surface area contributed by atoms with Gasteiger partial charge < -0.3 is 25.8 Å². The van der Waals surface area contributed by atoms with E-state index in [2.05, 4.69) is 15.6 Å². The number of fused-ring (bicyclic) bond motifs is 1. The number of H-pyrrole nitrogens is 1. The molecule has 1 fully saturated rings. The molecule has 0 aliphatic carbocycles. The normalized spacial score (nSPS) is 20.7. The lowest BCUT2D eigenvalue weighted by Crippen LogP contribution is -2.41. The molecule has 9 heteroatoms. The zero-order valence-corrected chi connectivity index (χ0v) is 17.1. The quantitative estimate of drug-likeness (QED) is 0.445. The second-order valence-corrected chi connectivity index (χ2v) is 7.70. The van der Waals surface area contributed by atoms with Gasteiger partial charge in [-0.05, 0) is 50.1 Å². The lowest BCUT2D eigenvalue weighted by molar-refractivity contribution is -0.110. The van der Waals surface area contributed by atoms with Crippen molar-refractivity contribution < 1.29 is 22.9 Å². The lowest BCUT2D eigenvalue weighted by atomic mass is 10.0. The first-order valence-electron chi connectivity index (χ1n) is 11.3. The first kappa shape index (κ1) is 17.1. The van der Waals surface area contributed by atoms with E-state index in [1.807, 2.05) is 5.32 Å². The van der Waals surface area contributed by atoms with Crippen molar-refractivity contribution in [1.82, 2.24) is 20.5 Å². The zero-order valence-electron chi connectivity index (χ0n) is 20.1. The lowest BCUT2D eigenvalue weighted by Gasteiger charge is -2.16. The maximum absolute atomic E-state index is 13.7. The molecule has 2 aliphatic heterocycles. The van der Waals surface area contributed by atoms with Crippen LogP contribution in [0.3, 0.4) is 0 Å². The number of benzene rings is 1. The number of hydrogen-bond donors (Lipinski definition) is 4. The highest BCUT2D eigenvalue weighted by molar-refractivity contribution is 6.34. The molecule has 0 radical (unpaired) electrons. The van der Waals surface area contributed by atoms with Gasteiger partial charge in [0.15, 0.2) is 0 Å². The molecule has 4 N–H and O–H groups in total. The van der Waals surface area contributed by atoms with Crippen LogP contribution in [0.25, 0.3) is 11.6 Å². The second kappa shape index (κ2) is 7.90. The van der Waals surface area contributed by atoms with Gasteiger partial charge in [0.1, 0.15) is 5.82 Å². The molecular formula is C22H24FN5O3. The third-order valence-corrected chi connectivity index (χ3v) is 5.67. The summed E-state index contributed by atoms with van der Waals surface area (Å²) >= 11 is 0. The third-order valence-electron chi connectivity index (χ3n) is 5.67. The van der Waals surface area contributed by atoms with Crippen LogP contribution >= 0.6 is 0 Å². The molecule has 162 valence electrons. The number of hydrogen-bond acceptors (Lipinski definition) is 3. The number of aromatic nitrogens is 1. The Morgan fingerprint density at radius 2 is 2.16 bits per heavy atom. The molecule has 1 aromatic carbocycles. The van der Waals surface area contributed by atoms with Gasteiger partial charge in [-0.15, -0.1) is 0 Å². The standard InChI is InChI=1S/C22H24FN5O3/c1-11-18(9-16-15-8-13(23)4-5-17(15)27-20(16)29)25-12(2)19(11)21(30)26-14-6-7-28(10-14)22(31)24-3/h4-5,8-9,14,25H,6-7,10H2,1-3H3,(H,24,31)(H,26,30)(H,27,29)/b16-9-/t14-/m0/s1/i3+1D3. The van der Waals surface area contributed by atoms with E-state index >= 15 is 0 Å². The summed E-state index contributed by atoms with van der Waals surface area (Å²) in [5.41, 5.74) is 3.43. The largest absolute Gasteiger partial charge is 0.358 e. The van der Waals surface area contributed by atoms with Crippen LogP contribution in [-0.4, -0.2) is 53.8 Å². The van der Waals surface area contributed by atoms with Crippen LogP contribution in [0.4, 0.5) is 14.9 Å². The number of anilines is 1. The van der Waals surface area contributed by atoms with Gasteiger partial charge >= 0.3 is 6.03 Å². The zero-order chi connectivity index (χ0) is 24.8. The minimum atomic E-state index is -2.58. The number of nitrogens with zero attached hydrogens (tertiary/aromatic N) is 1. The van der Waals surface area contributed by atoms with Crippen LogP contribution in [0, 0.1) is 19.7 Å². The predicted octanol–water partition coefficient (Wildman–Crippen LogP) is 2.41. The summed E-state index contributed by atoms with van der Waals surface area (Å²) in [6.45, 7) is 1.41. The van der Waals surface area contributed by atoms with Crippen LogP contribution in [0.15, 0.2) is 18.2 Å². The van der Waals surface area contributed by atoms with Crippen LogP contribution in [-0.2, 0) is 4.79 Å². The van der Waals surface area contributed by atoms with Gasteiger partial charge in [0.2, 0.25) is 0 Å². The summed E-state index contributed by atoms with van der Waals surface area (Å²) in [4.78, 5) is 41.9. The predicted molar refractivity (Wildman–Crippen MR) is 115 cm³/mol. The van der Waals surface area contributed by atoms with E-state index in [1.54, 1.807) is 19.9 Å². The van der Waals surface area contributed by atoms with Gasteiger partial charge in [0.25, 0.3) is 11.8 Å². The number of halogens is 1. The Morgan fingerprint density at radius 3 is 2.94 bits per heavy atom. The number of aromatic amines is 1. The third kappa shape index (κ3) is 3.78. The highest BCUT2D eigenvalue weighted by atomic mass is 19.1. The van der Waals surface area contributed by atoms with Crippen LogP contribution in [0.1, 0.15) is 43.4 Å². The van der Waals surface area contributed by atoms with Crippen molar-refractivity contribution >= 4 is 35.2 Å². The van der Waals surface area contributed by atoms with Crippen molar-refractivity contribution in [2.24, 2.45) is 0 Å².